The zero-order valence-corrected chi connectivity index (χ0v) is 42.4. The number of aromatic amines is 2. The van der Waals surface area contributed by atoms with Gasteiger partial charge in [0.25, 0.3) is 17.6 Å². The molecule has 0 aliphatic carbocycles. The number of nitrogens with one attached hydrogen (secondary N) is 3. The van der Waals surface area contributed by atoms with E-state index < -0.39 is 29.0 Å². The summed E-state index contributed by atoms with van der Waals surface area (Å²) in [6.07, 6.45) is 0.849. The smallest absolute Gasteiger partial charge is 0.446 e. The average molecular weight is 1190 g/mol. The molecule has 0 saturated carbocycles. The van der Waals surface area contributed by atoms with Crippen LogP contribution in [0.3, 0.4) is 0 Å². The molecule has 7 aromatic heterocycles. The first-order chi connectivity index (χ1) is 39.2. The Bertz CT molecular complexity index is 3880. The van der Waals surface area contributed by atoms with E-state index in [1.807, 2.05) is 5.48 Å². The van der Waals surface area contributed by atoms with Crippen molar-refractivity contribution in [2.45, 2.75) is 25.7 Å². The first kappa shape index (κ1) is 57.1. The number of carbonyl (C=O) groups excluding carboxylic acids is 2. The Morgan fingerprint density at radius 2 is 1.09 bits per heavy atom. The first-order valence-electron chi connectivity index (χ1n) is 22.4. The minimum absolute atomic E-state index is 0.00860. The van der Waals surface area contributed by atoms with Gasteiger partial charge in [-0.2, -0.15) is 10.4 Å². The van der Waals surface area contributed by atoms with Crippen LogP contribution < -0.4 is 36.9 Å². The molecule has 0 atom stereocenters. The van der Waals surface area contributed by atoms with Gasteiger partial charge in [0.2, 0.25) is 51.9 Å². The molecule has 10 rings (SSSR count). The highest BCUT2D eigenvalue weighted by Gasteiger charge is 2.27. The lowest BCUT2D eigenvalue weighted by molar-refractivity contribution is 0.0955. The van der Waals surface area contributed by atoms with Crippen LogP contribution in [0.1, 0.15) is 52.6 Å². The van der Waals surface area contributed by atoms with E-state index >= 15 is 0 Å². The van der Waals surface area contributed by atoms with Gasteiger partial charge in [-0.3, -0.25) is 29.3 Å². The number of halogens is 6. The second-order valence-corrected chi connectivity index (χ2v) is 16.4. The molecule has 0 saturated heterocycles. The number of hydrogen-bond acceptors (Lipinski definition) is 29. The van der Waals surface area contributed by atoms with Gasteiger partial charge in [0.05, 0.1) is 45.3 Å². The maximum absolute atomic E-state index is 13.4. The number of rotatable bonds is 21. The number of ether oxygens (including phenoxy) is 3. The number of benzene rings is 3. The van der Waals surface area contributed by atoms with Crippen molar-refractivity contribution >= 4 is 57.9 Å². The van der Waals surface area contributed by atoms with Crippen molar-refractivity contribution in [3.05, 3.63) is 126 Å². The van der Waals surface area contributed by atoms with E-state index in [0.717, 1.165) is 27.3 Å². The van der Waals surface area contributed by atoms with Gasteiger partial charge in [0.1, 0.15) is 24.1 Å². The normalized spacial score (nSPS) is 11.1. The van der Waals surface area contributed by atoms with Crippen LogP contribution in [0, 0.1) is 17.5 Å². The highest BCUT2D eigenvalue weighted by Crippen LogP contribution is 2.30. The van der Waals surface area contributed by atoms with Gasteiger partial charge in [0.15, 0.2) is 5.84 Å². The SMILES string of the molecule is NCCOc1nonc1-c1noc(=O)n1-c1ccc(F)c(Cl)c1.O=C(CCCOc1nonc1-c1noc(=O)n1-c1ccc(F)c(Cl)c1)c1nn[nH]n1.O=C(CCCOc1nonc1C(=Nc1ccc(F)c(Cl)c1)NO)c1nn[nH]n1. The molecule has 420 valence electrons. The summed E-state index contributed by atoms with van der Waals surface area (Å²) in [5.41, 5.74) is 7.80. The fourth-order valence-electron chi connectivity index (χ4n) is 6.30. The topological polar surface area (TPSA) is 454 Å². The number of hydroxylamine groups is 1. The third kappa shape index (κ3) is 14.1. The monoisotopic (exact) mass is 1190 g/mol. The lowest BCUT2D eigenvalue weighted by Gasteiger charge is -2.05. The number of nitrogens with two attached hydrogens (primary N) is 1. The minimum Gasteiger partial charge on any atom is -0.474 e. The third-order valence-corrected chi connectivity index (χ3v) is 10.8. The fourth-order valence-corrected chi connectivity index (χ4v) is 6.83. The van der Waals surface area contributed by atoms with Gasteiger partial charge >= 0.3 is 11.5 Å². The van der Waals surface area contributed by atoms with E-state index in [1.165, 1.54) is 36.4 Å². The molecule has 0 spiro atoms. The van der Waals surface area contributed by atoms with Crippen LogP contribution in [0.15, 0.2) is 92.1 Å². The van der Waals surface area contributed by atoms with Gasteiger partial charge in [0, 0.05) is 19.4 Å². The van der Waals surface area contributed by atoms with Gasteiger partial charge in [-0.25, -0.2) is 50.8 Å². The van der Waals surface area contributed by atoms with Crippen molar-refractivity contribution in [3.63, 3.8) is 0 Å². The Labute approximate surface area is 459 Å². The Morgan fingerprint density at radius 1 is 0.630 bits per heavy atom. The van der Waals surface area contributed by atoms with Gasteiger partial charge < -0.3 is 19.9 Å². The molecule has 0 radical (unpaired) electrons. The molecule has 40 heteroatoms. The van der Waals surface area contributed by atoms with Crippen LogP contribution >= 0.6 is 34.8 Å². The number of aromatic nitrogens is 18. The summed E-state index contributed by atoms with van der Waals surface area (Å²) in [7, 11) is 0. The second-order valence-electron chi connectivity index (χ2n) is 15.2. The minimum atomic E-state index is -0.868. The van der Waals surface area contributed by atoms with Gasteiger partial charge in [-0.05, 0) is 109 Å². The number of ketones is 2. The van der Waals surface area contributed by atoms with Gasteiger partial charge in [-0.1, -0.05) is 45.1 Å². The van der Waals surface area contributed by atoms with Crippen LogP contribution in [0.5, 0.6) is 17.6 Å². The predicted octanol–water partition coefficient (Wildman–Crippen LogP) is 3.70. The molecular weight excluding hydrogens is 1160 g/mol. The molecule has 10 aromatic rings. The highest BCUT2D eigenvalue weighted by atomic mass is 35.5. The largest absolute Gasteiger partial charge is 0.474 e. The Hall–Kier alpha value is -10.1. The molecule has 0 unspecified atom stereocenters. The second kappa shape index (κ2) is 27.0. The van der Waals surface area contributed by atoms with E-state index in [4.69, 9.17) is 54.7 Å². The van der Waals surface area contributed by atoms with Crippen molar-refractivity contribution in [2.75, 3.05) is 26.4 Å². The number of nitrogens with zero attached hydrogens (tertiary/aromatic N) is 17. The van der Waals surface area contributed by atoms with Crippen LogP contribution in [0.4, 0.5) is 18.9 Å². The number of amidine groups is 1. The zero-order chi connectivity index (χ0) is 57.4. The van der Waals surface area contributed by atoms with E-state index in [2.05, 4.69) is 110 Å². The Kier molecular flexibility index (Phi) is 19.0. The summed E-state index contributed by atoms with van der Waals surface area (Å²) >= 11 is 17.2. The quantitative estimate of drug-likeness (QED) is 0.0225. The predicted molar refractivity (Wildman–Crippen MR) is 259 cm³/mol. The van der Waals surface area contributed by atoms with Crippen LogP contribution in [-0.2, 0) is 0 Å². The molecular formula is C41H31Cl3F3N21O13. The Balaban J connectivity index is 0.000000161. The number of aliphatic imine (C=N–C) groups is 1. The van der Waals surface area contributed by atoms with Crippen molar-refractivity contribution in [1.29, 1.82) is 0 Å². The number of hydrogen-bond donors (Lipinski definition) is 5. The van der Waals surface area contributed by atoms with E-state index in [9.17, 15) is 37.6 Å². The summed E-state index contributed by atoms with van der Waals surface area (Å²) in [5.74, 6) is -4.70. The fraction of sp³-hybridized carbons (Fsp3) is 0.195. The molecule has 81 heavy (non-hydrogen) atoms. The lowest BCUT2D eigenvalue weighted by Crippen LogP contribution is -2.21. The van der Waals surface area contributed by atoms with E-state index in [0.29, 0.717) is 12.8 Å². The van der Waals surface area contributed by atoms with Crippen LogP contribution in [-0.4, -0.2) is 141 Å². The van der Waals surface area contributed by atoms with Gasteiger partial charge in [-0.15, -0.1) is 20.4 Å². The van der Waals surface area contributed by atoms with Crippen molar-refractivity contribution < 1.29 is 65.1 Å². The average Bonchev–Trinajstić information content (AvgIpc) is 4.52. The molecule has 0 amide bonds. The lowest BCUT2D eigenvalue weighted by atomic mass is 10.2. The summed E-state index contributed by atoms with van der Waals surface area (Å²) in [6, 6.07) is 11.0. The zero-order valence-electron chi connectivity index (χ0n) is 40.1. The molecule has 0 aliphatic rings. The molecule has 0 bridgehead atoms. The maximum Gasteiger partial charge on any atom is 0.446 e. The molecule has 6 N–H and O–H groups in total. The number of tetrazole rings is 2. The summed E-state index contributed by atoms with van der Waals surface area (Å²) in [4.78, 5) is 51.7. The van der Waals surface area contributed by atoms with Crippen LogP contribution in [0.2, 0.25) is 15.1 Å². The first-order valence-corrected chi connectivity index (χ1v) is 23.5. The standard InChI is InChI=1S/C15H10ClFN8O5.C14H12ClFN8O4.C12H9ClFN5O4/c16-8-6-7(3-4-9(8)17)25-13(21-29-15(25)27)11-14(22-30-20-11)28-5-1-2-10(26)12-18-23-24-19-12;15-8-6-7(3-4-9(8)16)17-13(20-26)11-14(22-28-21-11)27-5-1-2-10(25)12-18-23-24-19-12;13-7-5-6(1-2-8(7)14)19-10(17-22-12(19)20)9-11(18-23-16-9)21-4-3-15/h3-4,6H,1-2,5H2,(H,18,19,23,24);3-4,6,26H,1-2,5H2,(H,17,20)(H,18,19,23,24);1-2,5H,3-4,15H2. The maximum atomic E-state index is 13.4. The number of Topliss-reactive ketones (excluding diaryl/α,β-unsaturated/α-hetero) is 2. The van der Waals surface area contributed by atoms with Crippen molar-refractivity contribution in [3.8, 4) is 52.1 Å². The third-order valence-electron chi connectivity index (χ3n) is 9.93. The number of H-pyrrole nitrogens is 2. The Morgan fingerprint density at radius 3 is 1.54 bits per heavy atom. The molecule has 0 aliphatic heterocycles. The summed E-state index contributed by atoms with van der Waals surface area (Å²) in [5, 5.41) is 63.1. The number of carbonyl (C=O) groups is 2. The van der Waals surface area contributed by atoms with E-state index in [1.54, 1.807) is 0 Å². The van der Waals surface area contributed by atoms with E-state index in [-0.39, 0.29) is 147 Å². The summed E-state index contributed by atoms with van der Waals surface area (Å²) in [6.45, 7) is 0.554. The van der Waals surface area contributed by atoms with Crippen molar-refractivity contribution in [1.82, 2.24) is 97.1 Å². The molecule has 3 aromatic carbocycles. The summed E-state index contributed by atoms with van der Waals surface area (Å²) < 4.78 is 81.3. The van der Waals surface area contributed by atoms with Crippen molar-refractivity contribution in [2.24, 2.45) is 10.7 Å². The molecule has 34 nitrogen and oxygen atoms in total. The van der Waals surface area contributed by atoms with Crippen LogP contribution in [0.25, 0.3) is 34.4 Å². The molecule has 0 fully saturated rings. The highest BCUT2D eigenvalue weighted by molar-refractivity contribution is 6.31. The molecule has 7 heterocycles.